The summed E-state index contributed by atoms with van der Waals surface area (Å²) < 4.78 is 1.76. The Kier molecular flexibility index (Phi) is 3.58. The van der Waals surface area contributed by atoms with Gasteiger partial charge in [-0.05, 0) is 31.5 Å². The van der Waals surface area contributed by atoms with Crippen molar-refractivity contribution in [2.24, 2.45) is 0 Å². The number of carboxylic acid groups (broad SMARTS) is 1. The number of fused-ring (bicyclic) bond motifs is 1. The molecule has 3 rings (SSSR count). The summed E-state index contributed by atoms with van der Waals surface area (Å²) in [7, 11) is 0. The zero-order chi connectivity index (χ0) is 15.9. The van der Waals surface area contributed by atoms with Crippen LogP contribution in [0.5, 0.6) is 0 Å². The quantitative estimate of drug-likeness (QED) is 0.798. The first-order valence-electron chi connectivity index (χ1n) is 6.88. The summed E-state index contributed by atoms with van der Waals surface area (Å²) in [5.41, 5.74) is 2.78. The molecule has 2 aromatic heterocycles. The Labute approximate surface area is 132 Å². The number of aryl methyl sites for hydroxylation is 2. The molecule has 112 valence electrons. The van der Waals surface area contributed by atoms with Gasteiger partial charge in [-0.25, -0.2) is 14.5 Å². The van der Waals surface area contributed by atoms with Crippen LogP contribution in [0.15, 0.2) is 30.5 Å². The highest BCUT2D eigenvalue weighted by Gasteiger charge is 2.21. The van der Waals surface area contributed by atoms with E-state index in [2.05, 4.69) is 10.1 Å². The highest BCUT2D eigenvalue weighted by atomic mass is 35.5. The second kappa shape index (κ2) is 5.42. The molecule has 0 unspecified atom stereocenters. The zero-order valence-electron chi connectivity index (χ0n) is 12.2. The number of carboxylic acids is 1. The minimum atomic E-state index is -0.999. The van der Waals surface area contributed by atoms with Crippen molar-refractivity contribution in [1.29, 1.82) is 0 Å². The minimum absolute atomic E-state index is 0.200. The maximum Gasteiger partial charge on any atom is 0.338 e. The fourth-order valence-electron chi connectivity index (χ4n) is 2.61. The molecular formula is C16H14ClN3O2. The molecule has 0 aliphatic carbocycles. The Bertz CT molecular complexity index is 869. The van der Waals surface area contributed by atoms with Crippen molar-refractivity contribution in [3.8, 4) is 11.1 Å². The predicted octanol–water partition coefficient (Wildman–Crippen LogP) is 3.78. The van der Waals surface area contributed by atoms with E-state index in [-0.39, 0.29) is 5.56 Å². The van der Waals surface area contributed by atoms with E-state index in [1.54, 1.807) is 29.9 Å². The molecule has 0 aliphatic heterocycles. The van der Waals surface area contributed by atoms with E-state index in [1.165, 1.54) is 0 Å². The molecule has 0 aliphatic rings. The molecule has 2 heterocycles. The molecule has 0 bridgehead atoms. The minimum Gasteiger partial charge on any atom is -0.478 e. The first-order valence-corrected chi connectivity index (χ1v) is 7.26. The van der Waals surface area contributed by atoms with Crippen LogP contribution in [0.1, 0.15) is 23.0 Å². The second-order valence-corrected chi connectivity index (χ2v) is 5.39. The maximum atomic E-state index is 11.7. The third-order valence-corrected chi connectivity index (χ3v) is 3.86. The summed E-state index contributed by atoms with van der Waals surface area (Å²) in [5, 5.41) is 15.2. The molecule has 0 saturated heterocycles. The van der Waals surface area contributed by atoms with E-state index in [9.17, 15) is 9.90 Å². The van der Waals surface area contributed by atoms with Gasteiger partial charge < -0.3 is 5.11 Å². The van der Waals surface area contributed by atoms with E-state index < -0.39 is 5.97 Å². The second-order valence-electron chi connectivity index (χ2n) is 4.96. The van der Waals surface area contributed by atoms with Crippen LogP contribution in [-0.4, -0.2) is 25.8 Å². The number of pyridine rings is 1. The van der Waals surface area contributed by atoms with Crippen LogP contribution in [0.4, 0.5) is 0 Å². The van der Waals surface area contributed by atoms with E-state index >= 15 is 0 Å². The fourth-order valence-corrected chi connectivity index (χ4v) is 2.74. The molecule has 0 saturated carbocycles. The number of aromatic carboxylic acids is 1. The Morgan fingerprint density at radius 1 is 1.32 bits per heavy atom. The number of hydrogen-bond donors (Lipinski definition) is 1. The molecule has 0 spiro atoms. The van der Waals surface area contributed by atoms with Crippen molar-refractivity contribution in [2.45, 2.75) is 20.4 Å². The number of rotatable bonds is 3. The van der Waals surface area contributed by atoms with Crippen molar-refractivity contribution >= 4 is 28.6 Å². The van der Waals surface area contributed by atoms with Gasteiger partial charge in [0.15, 0.2) is 5.65 Å². The number of benzene rings is 1. The van der Waals surface area contributed by atoms with Crippen LogP contribution in [0, 0.1) is 6.92 Å². The smallest absolute Gasteiger partial charge is 0.338 e. The van der Waals surface area contributed by atoms with Crippen LogP contribution in [0.3, 0.4) is 0 Å². The summed E-state index contributed by atoms with van der Waals surface area (Å²) >= 11 is 5.93. The van der Waals surface area contributed by atoms with E-state index in [1.807, 2.05) is 19.1 Å². The Morgan fingerprint density at radius 2 is 2.00 bits per heavy atom. The number of hydrogen-bond acceptors (Lipinski definition) is 3. The largest absolute Gasteiger partial charge is 0.478 e. The van der Waals surface area contributed by atoms with Gasteiger partial charge >= 0.3 is 5.97 Å². The van der Waals surface area contributed by atoms with Crippen LogP contribution < -0.4 is 0 Å². The molecule has 5 nitrogen and oxygen atoms in total. The normalized spacial score (nSPS) is 11.0. The van der Waals surface area contributed by atoms with Gasteiger partial charge in [0.2, 0.25) is 0 Å². The maximum absolute atomic E-state index is 11.7. The van der Waals surface area contributed by atoms with Crippen LogP contribution in [0.25, 0.3) is 22.2 Å². The van der Waals surface area contributed by atoms with Gasteiger partial charge in [-0.15, -0.1) is 0 Å². The fraction of sp³-hybridized carbons (Fsp3) is 0.188. The van der Waals surface area contributed by atoms with E-state index in [0.717, 1.165) is 10.9 Å². The zero-order valence-corrected chi connectivity index (χ0v) is 12.9. The third kappa shape index (κ3) is 2.23. The standard InChI is InChI=1S/C16H14ClN3O2/c1-3-20-15-12(8-18-20)14(10-4-6-11(17)7-5-10)13(16(21)22)9(2)19-15/h4-8H,3H2,1-2H3,(H,21,22). The van der Waals surface area contributed by atoms with Gasteiger partial charge in [0.25, 0.3) is 0 Å². The molecule has 1 N–H and O–H groups in total. The summed E-state index contributed by atoms with van der Waals surface area (Å²) in [6.07, 6.45) is 1.67. The van der Waals surface area contributed by atoms with Gasteiger partial charge in [0.05, 0.1) is 17.5 Å². The van der Waals surface area contributed by atoms with Crippen molar-refractivity contribution in [3.63, 3.8) is 0 Å². The number of halogens is 1. The molecule has 0 radical (unpaired) electrons. The summed E-state index contributed by atoms with van der Waals surface area (Å²) in [6.45, 7) is 4.34. The van der Waals surface area contributed by atoms with Gasteiger partial charge in [-0.3, -0.25) is 0 Å². The van der Waals surface area contributed by atoms with E-state index in [4.69, 9.17) is 11.6 Å². The molecule has 0 amide bonds. The van der Waals surface area contributed by atoms with Crippen molar-refractivity contribution in [3.05, 3.63) is 46.7 Å². The van der Waals surface area contributed by atoms with Crippen molar-refractivity contribution < 1.29 is 9.90 Å². The first kappa shape index (κ1) is 14.5. The molecule has 0 fully saturated rings. The Hall–Kier alpha value is -2.40. The lowest BCUT2D eigenvalue weighted by Crippen LogP contribution is -2.07. The van der Waals surface area contributed by atoms with Gasteiger partial charge in [0, 0.05) is 22.5 Å². The first-order chi connectivity index (χ1) is 10.5. The predicted molar refractivity (Wildman–Crippen MR) is 85.3 cm³/mol. The van der Waals surface area contributed by atoms with Gasteiger partial charge in [0.1, 0.15) is 0 Å². The summed E-state index contributed by atoms with van der Waals surface area (Å²) in [6, 6.07) is 7.11. The Morgan fingerprint density at radius 3 is 2.59 bits per heavy atom. The lowest BCUT2D eigenvalue weighted by atomic mass is 9.96. The lowest BCUT2D eigenvalue weighted by molar-refractivity contribution is 0.0696. The van der Waals surface area contributed by atoms with Crippen molar-refractivity contribution in [2.75, 3.05) is 0 Å². The van der Waals surface area contributed by atoms with Gasteiger partial charge in [-0.2, -0.15) is 5.10 Å². The highest BCUT2D eigenvalue weighted by molar-refractivity contribution is 6.30. The molecular weight excluding hydrogens is 302 g/mol. The number of nitrogens with zero attached hydrogens (tertiary/aromatic N) is 3. The van der Waals surface area contributed by atoms with Crippen LogP contribution in [-0.2, 0) is 6.54 Å². The number of carbonyl (C=O) groups is 1. The topological polar surface area (TPSA) is 68.0 Å². The lowest BCUT2D eigenvalue weighted by Gasteiger charge is -2.11. The van der Waals surface area contributed by atoms with Crippen LogP contribution in [0.2, 0.25) is 5.02 Å². The van der Waals surface area contributed by atoms with Crippen molar-refractivity contribution in [1.82, 2.24) is 14.8 Å². The molecule has 6 heteroatoms. The number of aromatic nitrogens is 3. The average Bonchev–Trinajstić information content (AvgIpc) is 2.89. The molecule has 1 aromatic carbocycles. The average molecular weight is 316 g/mol. The monoisotopic (exact) mass is 315 g/mol. The molecule has 3 aromatic rings. The van der Waals surface area contributed by atoms with Gasteiger partial charge in [-0.1, -0.05) is 23.7 Å². The molecule has 22 heavy (non-hydrogen) atoms. The summed E-state index contributed by atoms with van der Waals surface area (Å²) in [4.78, 5) is 16.1. The van der Waals surface area contributed by atoms with E-state index in [0.29, 0.717) is 28.5 Å². The Balaban J connectivity index is 2.42. The van der Waals surface area contributed by atoms with Crippen LogP contribution >= 0.6 is 11.6 Å². The SMILES string of the molecule is CCn1ncc2c(-c3ccc(Cl)cc3)c(C(=O)O)c(C)nc21. The third-order valence-electron chi connectivity index (χ3n) is 3.61. The molecule has 0 atom stereocenters. The summed E-state index contributed by atoms with van der Waals surface area (Å²) in [5.74, 6) is -0.999. The highest BCUT2D eigenvalue weighted by Crippen LogP contribution is 2.33.